The van der Waals surface area contributed by atoms with Crippen LogP contribution in [-0.2, 0) is 0 Å². The highest BCUT2D eigenvalue weighted by Crippen LogP contribution is 2.39. The van der Waals surface area contributed by atoms with Gasteiger partial charge in [-0.05, 0) is 42.8 Å². The van der Waals surface area contributed by atoms with E-state index in [9.17, 15) is 9.50 Å². The second-order valence-corrected chi connectivity index (χ2v) is 10.1. The largest absolute Gasteiger partial charge is 0.508 e. The van der Waals surface area contributed by atoms with Gasteiger partial charge in [0.25, 0.3) is 0 Å². The van der Waals surface area contributed by atoms with E-state index in [0.29, 0.717) is 39.9 Å². The number of nitrogens with zero attached hydrogens (tertiary/aromatic N) is 4. The Labute approximate surface area is 213 Å². The number of benzene rings is 2. The molecular weight excluding hydrogens is 472 g/mol. The van der Waals surface area contributed by atoms with Gasteiger partial charge in [0.2, 0.25) is 0 Å². The third kappa shape index (κ3) is 3.85. The summed E-state index contributed by atoms with van der Waals surface area (Å²) in [5.74, 6) is 2.32. The average molecular weight is 500 g/mol. The fourth-order valence-electron chi connectivity index (χ4n) is 5.61. The van der Waals surface area contributed by atoms with Gasteiger partial charge in [0.1, 0.15) is 34.4 Å². The molecule has 2 aromatic heterocycles. The van der Waals surface area contributed by atoms with E-state index in [2.05, 4.69) is 26.1 Å². The maximum Gasteiger partial charge on any atom is 0.175 e. The molecule has 2 N–H and O–H groups in total. The van der Waals surface area contributed by atoms with Crippen molar-refractivity contribution < 1.29 is 13.9 Å². The maximum atomic E-state index is 16.4. The standard InChI is InChI=1S/C29H27F2N5O/c1-4-15(3)28-34-27-22(29(35-28)36-13-17-7-8-18(14-36)33-17)12-32-26(25(27)31)21-11-19(37)10-16-6-9-23(30)20(5-2)24(16)21/h2,6,9-12,15,17-18,33,37H,4,7-8,13-14H2,1,3H3. The van der Waals surface area contributed by atoms with Crippen molar-refractivity contribution in [3.63, 3.8) is 0 Å². The Morgan fingerprint density at radius 2 is 1.95 bits per heavy atom. The molecule has 0 amide bonds. The average Bonchev–Trinajstić information content (AvgIpc) is 3.24. The lowest BCUT2D eigenvalue weighted by Gasteiger charge is -2.34. The van der Waals surface area contributed by atoms with Gasteiger partial charge in [-0.3, -0.25) is 4.98 Å². The van der Waals surface area contributed by atoms with Gasteiger partial charge in [-0.25, -0.2) is 18.7 Å². The first-order valence-corrected chi connectivity index (χ1v) is 12.7. The summed E-state index contributed by atoms with van der Waals surface area (Å²) < 4.78 is 31.0. The van der Waals surface area contributed by atoms with E-state index in [-0.39, 0.29) is 34.0 Å². The zero-order chi connectivity index (χ0) is 25.8. The molecule has 8 heteroatoms. The van der Waals surface area contributed by atoms with Crippen molar-refractivity contribution in [3.05, 3.63) is 53.5 Å². The number of phenolic OH excluding ortho intramolecular Hbond substituents is 1. The van der Waals surface area contributed by atoms with E-state index in [1.54, 1.807) is 6.20 Å². The van der Waals surface area contributed by atoms with E-state index in [0.717, 1.165) is 32.4 Å². The Morgan fingerprint density at radius 3 is 2.65 bits per heavy atom. The number of aromatic nitrogens is 3. The van der Waals surface area contributed by atoms with Crippen molar-refractivity contribution in [1.29, 1.82) is 0 Å². The normalized spacial score (nSPS) is 19.9. The molecule has 2 aromatic carbocycles. The summed E-state index contributed by atoms with van der Waals surface area (Å²) in [7, 11) is 0. The zero-order valence-corrected chi connectivity index (χ0v) is 20.7. The molecule has 0 spiro atoms. The fourth-order valence-corrected chi connectivity index (χ4v) is 5.61. The predicted molar refractivity (Wildman–Crippen MR) is 141 cm³/mol. The number of pyridine rings is 1. The molecule has 6 rings (SSSR count). The number of fused-ring (bicyclic) bond motifs is 4. The number of nitrogens with one attached hydrogen (secondary N) is 1. The minimum Gasteiger partial charge on any atom is -0.508 e. The molecule has 2 fully saturated rings. The van der Waals surface area contributed by atoms with Gasteiger partial charge >= 0.3 is 0 Å². The van der Waals surface area contributed by atoms with Crippen LogP contribution in [-0.4, -0.2) is 45.2 Å². The van der Waals surface area contributed by atoms with E-state index in [1.165, 1.54) is 24.3 Å². The first-order chi connectivity index (χ1) is 17.9. The Kier molecular flexibility index (Phi) is 5.68. The van der Waals surface area contributed by atoms with Gasteiger partial charge < -0.3 is 15.3 Å². The number of terminal acetylenes is 1. The highest BCUT2D eigenvalue weighted by molar-refractivity contribution is 6.03. The van der Waals surface area contributed by atoms with Gasteiger partial charge in [-0.15, -0.1) is 6.42 Å². The number of hydrogen-bond donors (Lipinski definition) is 2. The summed E-state index contributed by atoms with van der Waals surface area (Å²) in [5, 5.41) is 15.4. The minimum absolute atomic E-state index is 0.00578. The van der Waals surface area contributed by atoms with Crippen LogP contribution < -0.4 is 10.2 Å². The van der Waals surface area contributed by atoms with Crippen LogP contribution >= 0.6 is 0 Å². The van der Waals surface area contributed by atoms with Gasteiger partial charge in [0.05, 0.1) is 10.9 Å². The van der Waals surface area contributed by atoms with E-state index >= 15 is 4.39 Å². The lowest BCUT2D eigenvalue weighted by Crippen LogP contribution is -2.51. The molecule has 2 saturated heterocycles. The molecule has 2 aliphatic heterocycles. The molecule has 2 aliphatic rings. The predicted octanol–water partition coefficient (Wildman–Crippen LogP) is 5.26. The van der Waals surface area contributed by atoms with E-state index in [1.807, 2.05) is 13.8 Å². The van der Waals surface area contributed by atoms with E-state index in [4.69, 9.17) is 11.4 Å². The molecule has 2 bridgehead atoms. The molecule has 3 unspecified atom stereocenters. The zero-order valence-electron chi connectivity index (χ0n) is 20.7. The second kappa shape index (κ2) is 8.93. The molecule has 6 nitrogen and oxygen atoms in total. The number of phenols is 1. The van der Waals surface area contributed by atoms with Crippen LogP contribution in [0.25, 0.3) is 32.9 Å². The molecule has 188 valence electrons. The summed E-state index contributed by atoms with van der Waals surface area (Å²) in [5.41, 5.74) is 0.322. The highest BCUT2D eigenvalue weighted by atomic mass is 19.1. The summed E-state index contributed by atoms with van der Waals surface area (Å²) in [6.45, 7) is 5.64. The van der Waals surface area contributed by atoms with Crippen molar-refractivity contribution >= 4 is 27.5 Å². The lowest BCUT2D eigenvalue weighted by molar-refractivity contribution is 0.463. The first kappa shape index (κ1) is 23.6. The number of aromatic hydroxyl groups is 1. The smallest absolute Gasteiger partial charge is 0.175 e. The van der Waals surface area contributed by atoms with E-state index < -0.39 is 11.6 Å². The molecule has 37 heavy (non-hydrogen) atoms. The Hall–Kier alpha value is -3.83. The van der Waals surface area contributed by atoms with Crippen molar-refractivity contribution in [1.82, 2.24) is 20.3 Å². The Bertz CT molecular complexity index is 1590. The monoisotopic (exact) mass is 499 g/mol. The molecule has 0 saturated carbocycles. The van der Waals surface area contributed by atoms with Gasteiger partial charge in [0, 0.05) is 48.2 Å². The van der Waals surface area contributed by atoms with Crippen LogP contribution in [0.3, 0.4) is 0 Å². The molecule has 0 aliphatic carbocycles. The maximum absolute atomic E-state index is 16.4. The third-order valence-corrected chi connectivity index (χ3v) is 7.70. The molecule has 0 radical (unpaired) electrons. The van der Waals surface area contributed by atoms with Gasteiger partial charge in [-0.1, -0.05) is 25.8 Å². The Morgan fingerprint density at radius 1 is 1.19 bits per heavy atom. The van der Waals surface area contributed by atoms with Gasteiger partial charge in [0.15, 0.2) is 5.82 Å². The van der Waals surface area contributed by atoms with Crippen LogP contribution in [0.5, 0.6) is 5.75 Å². The summed E-state index contributed by atoms with van der Waals surface area (Å²) in [6.07, 6.45) is 10.2. The second-order valence-electron chi connectivity index (χ2n) is 10.1. The van der Waals surface area contributed by atoms with Crippen molar-refractivity contribution in [3.8, 4) is 29.4 Å². The number of hydrogen-bond acceptors (Lipinski definition) is 6. The topological polar surface area (TPSA) is 74.2 Å². The summed E-state index contributed by atoms with van der Waals surface area (Å²) in [6, 6.07) is 6.34. The Balaban J connectivity index is 1.61. The highest BCUT2D eigenvalue weighted by Gasteiger charge is 2.34. The van der Waals surface area contributed by atoms with Crippen LogP contribution in [0.1, 0.15) is 50.4 Å². The van der Waals surface area contributed by atoms with Crippen LogP contribution in [0, 0.1) is 24.0 Å². The van der Waals surface area contributed by atoms with Crippen LogP contribution in [0.15, 0.2) is 30.5 Å². The van der Waals surface area contributed by atoms with Crippen molar-refractivity contribution in [2.75, 3.05) is 18.0 Å². The number of piperazine rings is 1. The van der Waals surface area contributed by atoms with Gasteiger partial charge in [-0.2, -0.15) is 0 Å². The quantitative estimate of drug-likeness (QED) is 0.373. The lowest BCUT2D eigenvalue weighted by atomic mass is 9.95. The van der Waals surface area contributed by atoms with Crippen LogP contribution in [0.4, 0.5) is 14.6 Å². The summed E-state index contributed by atoms with van der Waals surface area (Å²) >= 11 is 0. The SMILES string of the molecule is C#Cc1c(F)ccc2cc(O)cc(-c3ncc4c(N5CC6CCC(C5)N6)nc(C(C)CC)nc4c3F)c12. The van der Waals surface area contributed by atoms with Crippen molar-refractivity contribution in [2.45, 2.75) is 51.1 Å². The molecular formula is C29H27F2N5O. The first-order valence-electron chi connectivity index (χ1n) is 12.7. The number of rotatable bonds is 4. The number of anilines is 1. The minimum atomic E-state index is -0.650. The third-order valence-electron chi connectivity index (χ3n) is 7.70. The molecule has 4 heterocycles. The summed E-state index contributed by atoms with van der Waals surface area (Å²) in [4.78, 5) is 16.3. The van der Waals surface area contributed by atoms with Crippen LogP contribution in [0.2, 0.25) is 0 Å². The fraction of sp³-hybridized carbons (Fsp3) is 0.345. The molecule has 4 aromatic rings. The molecule has 3 atom stereocenters. The van der Waals surface area contributed by atoms with Crippen molar-refractivity contribution in [2.24, 2.45) is 0 Å². The number of halogens is 2.